The van der Waals surface area contributed by atoms with E-state index in [4.69, 9.17) is 17.3 Å². The summed E-state index contributed by atoms with van der Waals surface area (Å²) in [5.74, 6) is 0.0393. The Balaban J connectivity index is 1.87. The molecular weight excluding hydrogens is 262 g/mol. The summed E-state index contributed by atoms with van der Waals surface area (Å²) < 4.78 is 0. The van der Waals surface area contributed by atoms with Crippen molar-refractivity contribution in [3.05, 3.63) is 34.9 Å². The van der Waals surface area contributed by atoms with Gasteiger partial charge in [0.05, 0.1) is 6.04 Å². The molecule has 1 saturated heterocycles. The number of carbonyl (C=O) groups is 1. The number of nitrogens with zero attached hydrogens (tertiary/aromatic N) is 2. The zero-order chi connectivity index (χ0) is 13.8. The molecule has 2 N–H and O–H groups in total. The van der Waals surface area contributed by atoms with E-state index in [1.54, 1.807) is 6.92 Å². The van der Waals surface area contributed by atoms with Crippen LogP contribution in [0.5, 0.6) is 0 Å². The molecule has 0 aliphatic carbocycles. The second-order valence-corrected chi connectivity index (χ2v) is 5.39. The highest BCUT2D eigenvalue weighted by atomic mass is 35.5. The molecule has 0 saturated carbocycles. The van der Waals surface area contributed by atoms with Gasteiger partial charge in [-0.2, -0.15) is 0 Å². The average Bonchev–Trinajstić information content (AvgIpc) is 2.41. The van der Waals surface area contributed by atoms with Crippen molar-refractivity contribution in [2.24, 2.45) is 5.73 Å². The maximum atomic E-state index is 11.8. The number of benzene rings is 1. The number of amides is 1. The lowest BCUT2D eigenvalue weighted by molar-refractivity contribution is -0.134. The van der Waals surface area contributed by atoms with Gasteiger partial charge in [-0.15, -0.1) is 0 Å². The zero-order valence-electron chi connectivity index (χ0n) is 11.2. The first-order valence-electron chi connectivity index (χ1n) is 6.58. The summed E-state index contributed by atoms with van der Waals surface area (Å²) in [6.45, 7) is 5.78. The highest BCUT2D eigenvalue weighted by Gasteiger charge is 2.23. The van der Waals surface area contributed by atoms with Crippen LogP contribution >= 0.6 is 11.6 Å². The summed E-state index contributed by atoms with van der Waals surface area (Å²) in [5.41, 5.74) is 6.76. The van der Waals surface area contributed by atoms with Gasteiger partial charge >= 0.3 is 0 Å². The van der Waals surface area contributed by atoms with Gasteiger partial charge in [0.15, 0.2) is 0 Å². The van der Waals surface area contributed by atoms with Crippen molar-refractivity contribution < 1.29 is 4.79 Å². The van der Waals surface area contributed by atoms with Crippen LogP contribution < -0.4 is 5.73 Å². The predicted molar refractivity (Wildman–Crippen MR) is 77.0 cm³/mol. The van der Waals surface area contributed by atoms with Crippen LogP contribution in [0.4, 0.5) is 0 Å². The van der Waals surface area contributed by atoms with Gasteiger partial charge in [0.2, 0.25) is 5.91 Å². The van der Waals surface area contributed by atoms with Gasteiger partial charge in [0.1, 0.15) is 0 Å². The van der Waals surface area contributed by atoms with Crippen molar-refractivity contribution in [1.82, 2.24) is 9.80 Å². The summed E-state index contributed by atoms with van der Waals surface area (Å²) in [6.07, 6.45) is 0. The van der Waals surface area contributed by atoms with Gasteiger partial charge in [-0.3, -0.25) is 9.69 Å². The molecule has 1 aromatic carbocycles. The molecule has 19 heavy (non-hydrogen) atoms. The van der Waals surface area contributed by atoms with E-state index in [1.165, 1.54) is 0 Å². The lowest BCUT2D eigenvalue weighted by atomic mass is 10.2. The molecule has 1 amide bonds. The SMILES string of the molecule is CC(N)C(=O)N1CCN(Cc2ccccc2Cl)CC1. The van der Waals surface area contributed by atoms with E-state index in [2.05, 4.69) is 4.90 Å². The number of carbonyl (C=O) groups excluding carboxylic acids is 1. The van der Waals surface area contributed by atoms with Crippen molar-refractivity contribution in [3.63, 3.8) is 0 Å². The third-order valence-corrected chi connectivity index (χ3v) is 3.79. The Morgan fingerprint density at radius 2 is 1.95 bits per heavy atom. The lowest BCUT2D eigenvalue weighted by Gasteiger charge is -2.35. The Morgan fingerprint density at radius 1 is 1.32 bits per heavy atom. The molecule has 1 aromatic rings. The average molecular weight is 282 g/mol. The van der Waals surface area contributed by atoms with Gasteiger partial charge in [-0.05, 0) is 18.6 Å². The van der Waals surface area contributed by atoms with Crippen LogP contribution in [-0.2, 0) is 11.3 Å². The highest BCUT2D eigenvalue weighted by Crippen LogP contribution is 2.17. The molecule has 4 nitrogen and oxygen atoms in total. The number of halogens is 1. The number of piperazine rings is 1. The van der Waals surface area contributed by atoms with E-state index in [0.717, 1.165) is 43.3 Å². The van der Waals surface area contributed by atoms with Crippen molar-refractivity contribution in [1.29, 1.82) is 0 Å². The summed E-state index contributed by atoms with van der Waals surface area (Å²) in [6, 6.07) is 7.48. The smallest absolute Gasteiger partial charge is 0.239 e. The Kier molecular flexibility index (Phi) is 4.80. The third kappa shape index (κ3) is 3.69. The predicted octanol–water partition coefficient (Wildman–Crippen LogP) is 1.33. The van der Waals surface area contributed by atoms with E-state index >= 15 is 0 Å². The maximum absolute atomic E-state index is 11.8. The molecule has 5 heteroatoms. The number of hydrogen-bond donors (Lipinski definition) is 1. The maximum Gasteiger partial charge on any atom is 0.239 e. The van der Waals surface area contributed by atoms with E-state index in [9.17, 15) is 4.79 Å². The first kappa shape index (κ1) is 14.3. The monoisotopic (exact) mass is 281 g/mol. The van der Waals surface area contributed by atoms with Gasteiger partial charge < -0.3 is 10.6 Å². The van der Waals surface area contributed by atoms with Crippen LogP contribution in [0, 0.1) is 0 Å². The van der Waals surface area contributed by atoms with Crippen LogP contribution in [-0.4, -0.2) is 47.9 Å². The number of nitrogens with two attached hydrogens (primary N) is 1. The van der Waals surface area contributed by atoms with Crippen LogP contribution in [0.1, 0.15) is 12.5 Å². The van der Waals surface area contributed by atoms with Crippen LogP contribution in [0.2, 0.25) is 5.02 Å². The molecular formula is C14H20ClN3O. The van der Waals surface area contributed by atoms with Gasteiger partial charge in [0.25, 0.3) is 0 Å². The standard InChI is InChI=1S/C14H20ClN3O/c1-11(16)14(19)18-8-6-17(7-9-18)10-12-4-2-3-5-13(12)15/h2-5,11H,6-10,16H2,1H3. The summed E-state index contributed by atoms with van der Waals surface area (Å²) >= 11 is 6.16. The largest absolute Gasteiger partial charge is 0.339 e. The normalized spacial score (nSPS) is 18.4. The minimum absolute atomic E-state index is 0.0393. The van der Waals surface area contributed by atoms with Gasteiger partial charge in [-0.25, -0.2) is 0 Å². The van der Waals surface area contributed by atoms with Crippen LogP contribution in [0.3, 0.4) is 0 Å². The molecule has 0 bridgehead atoms. The molecule has 0 aromatic heterocycles. The van der Waals surface area contributed by atoms with E-state index in [1.807, 2.05) is 29.2 Å². The Bertz CT molecular complexity index is 442. The van der Waals surface area contributed by atoms with Crippen molar-refractivity contribution in [2.45, 2.75) is 19.5 Å². The highest BCUT2D eigenvalue weighted by molar-refractivity contribution is 6.31. The molecule has 1 unspecified atom stereocenters. The first-order chi connectivity index (χ1) is 9.08. The van der Waals surface area contributed by atoms with Crippen LogP contribution in [0.25, 0.3) is 0 Å². The molecule has 1 fully saturated rings. The first-order valence-corrected chi connectivity index (χ1v) is 6.96. The molecule has 1 aliphatic heterocycles. The minimum Gasteiger partial charge on any atom is -0.339 e. The minimum atomic E-state index is -0.407. The quantitative estimate of drug-likeness (QED) is 0.909. The fourth-order valence-electron chi connectivity index (χ4n) is 2.28. The Morgan fingerprint density at radius 3 is 2.53 bits per heavy atom. The summed E-state index contributed by atoms with van der Waals surface area (Å²) in [4.78, 5) is 15.9. The lowest BCUT2D eigenvalue weighted by Crippen LogP contribution is -2.52. The van der Waals surface area contributed by atoms with Crippen LogP contribution in [0.15, 0.2) is 24.3 Å². The third-order valence-electron chi connectivity index (χ3n) is 3.43. The zero-order valence-corrected chi connectivity index (χ0v) is 11.9. The van der Waals surface area contributed by atoms with Crippen molar-refractivity contribution in [3.8, 4) is 0 Å². The fourth-order valence-corrected chi connectivity index (χ4v) is 2.48. The topological polar surface area (TPSA) is 49.6 Å². The Hall–Kier alpha value is -1.10. The van der Waals surface area contributed by atoms with Gasteiger partial charge in [-0.1, -0.05) is 29.8 Å². The molecule has 1 heterocycles. The van der Waals surface area contributed by atoms with E-state index < -0.39 is 6.04 Å². The second-order valence-electron chi connectivity index (χ2n) is 4.98. The molecule has 2 rings (SSSR count). The summed E-state index contributed by atoms with van der Waals surface area (Å²) in [5, 5.41) is 0.802. The van der Waals surface area contributed by atoms with Crippen molar-refractivity contribution >= 4 is 17.5 Å². The molecule has 1 atom stereocenters. The molecule has 1 aliphatic rings. The van der Waals surface area contributed by atoms with E-state index in [0.29, 0.717) is 0 Å². The van der Waals surface area contributed by atoms with E-state index in [-0.39, 0.29) is 5.91 Å². The molecule has 0 radical (unpaired) electrons. The summed E-state index contributed by atoms with van der Waals surface area (Å²) in [7, 11) is 0. The van der Waals surface area contributed by atoms with Crippen molar-refractivity contribution in [2.75, 3.05) is 26.2 Å². The van der Waals surface area contributed by atoms with Gasteiger partial charge in [0, 0.05) is 37.7 Å². The Labute approximate surface area is 119 Å². The number of hydrogen-bond acceptors (Lipinski definition) is 3. The molecule has 104 valence electrons. The number of rotatable bonds is 3. The molecule has 0 spiro atoms. The fraction of sp³-hybridized carbons (Fsp3) is 0.500. The second kappa shape index (κ2) is 6.37.